The van der Waals surface area contributed by atoms with Crippen LogP contribution in [0.2, 0.25) is 0 Å². The fourth-order valence-corrected chi connectivity index (χ4v) is 3.71. The van der Waals surface area contributed by atoms with E-state index >= 15 is 0 Å². The molecular formula is C21H25NO3. The molecule has 2 aliphatic heterocycles. The van der Waals surface area contributed by atoms with Crippen LogP contribution in [0.15, 0.2) is 36.4 Å². The molecule has 0 bridgehead atoms. The zero-order valence-corrected chi connectivity index (χ0v) is 15.2. The van der Waals surface area contributed by atoms with Gasteiger partial charge in [0.1, 0.15) is 11.4 Å². The molecule has 0 N–H and O–H groups in total. The lowest BCUT2D eigenvalue weighted by Gasteiger charge is -2.44. The molecule has 2 aliphatic rings. The highest BCUT2D eigenvalue weighted by Crippen LogP contribution is 2.41. The molecule has 1 aromatic rings. The number of carbonyl (C=O) groups excluding carboxylic acids is 2. The van der Waals surface area contributed by atoms with Crippen LogP contribution in [0.5, 0.6) is 5.75 Å². The van der Waals surface area contributed by atoms with Crippen molar-refractivity contribution >= 4 is 11.7 Å². The Hall–Kier alpha value is -2.36. The Balaban J connectivity index is 1.74. The molecule has 1 amide bonds. The normalized spacial score (nSPS) is 19.5. The van der Waals surface area contributed by atoms with Crippen molar-refractivity contribution in [3.63, 3.8) is 0 Å². The first-order chi connectivity index (χ1) is 11.9. The van der Waals surface area contributed by atoms with Gasteiger partial charge in [-0.25, -0.2) is 0 Å². The predicted molar refractivity (Wildman–Crippen MR) is 98.0 cm³/mol. The van der Waals surface area contributed by atoms with Crippen LogP contribution in [0.25, 0.3) is 0 Å². The first-order valence-electron chi connectivity index (χ1n) is 8.86. The predicted octanol–water partition coefficient (Wildman–Crippen LogP) is 3.76. The lowest BCUT2D eigenvalue weighted by atomic mass is 9.81. The second-order valence-electron chi connectivity index (χ2n) is 7.05. The van der Waals surface area contributed by atoms with Gasteiger partial charge in [-0.3, -0.25) is 9.59 Å². The molecule has 4 heteroatoms. The van der Waals surface area contributed by atoms with E-state index in [-0.39, 0.29) is 11.7 Å². The van der Waals surface area contributed by atoms with E-state index in [4.69, 9.17) is 4.74 Å². The molecule has 25 heavy (non-hydrogen) atoms. The Morgan fingerprint density at radius 1 is 1.20 bits per heavy atom. The van der Waals surface area contributed by atoms with Crippen molar-refractivity contribution in [2.24, 2.45) is 0 Å². The van der Waals surface area contributed by atoms with Crippen LogP contribution >= 0.6 is 0 Å². The van der Waals surface area contributed by atoms with Gasteiger partial charge < -0.3 is 9.64 Å². The maximum Gasteiger partial charge on any atom is 0.246 e. The minimum Gasteiger partial charge on any atom is -0.486 e. The van der Waals surface area contributed by atoms with Gasteiger partial charge in [-0.15, -0.1) is 0 Å². The fraction of sp³-hybridized carbons (Fsp3) is 0.429. The number of allylic oxidation sites excluding steroid dienone is 3. The van der Waals surface area contributed by atoms with Gasteiger partial charge in [-0.2, -0.15) is 0 Å². The number of likely N-dealkylation sites (tertiary alicyclic amines) is 1. The van der Waals surface area contributed by atoms with Crippen LogP contribution in [-0.2, 0) is 4.79 Å². The lowest BCUT2D eigenvalue weighted by Crippen LogP contribution is -2.52. The summed E-state index contributed by atoms with van der Waals surface area (Å²) in [4.78, 5) is 26.7. The molecule has 0 radical (unpaired) electrons. The number of ether oxygens (including phenoxy) is 1. The van der Waals surface area contributed by atoms with E-state index in [0.29, 0.717) is 37.9 Å². The third kappa shape index (κ3) is 3.53. The molecule has 132 valence electrons. The Morgan fingerprint density at radius 2 is 1.92 bits per heavy atom. The maximum absolute atomic E-state index is 12.7. The van der Waals surface area contributed by atoms with E-state index in [9.17, 15) is 9.59 Å². The van der Waals surface area contributed by atoms with Crippen LogP contribution in [0, 0.1) is 13.8 Å². The molecule has 1 aromatic carbocycles. The number of nitrogens with zero attached hydrogens (tertiary/aromatic N) is 1. The number of carbonyl (C=O) groups is 2. The van der Waals surface area contributed by atoms with Crippen LogP contribution in [0.4, 0.5) is 0 Å². The zero-order chi connectivity index (χ0) is 18.0. The Labute approximate surface area is 149 Å². The second kappa shape index (κ2) is 6.87. The number of amides is 1. The van der Waals surface area contributed by atoms with Crippen molar-refractivity contribution in [1.82, 2.24) is 4.90 Å². The van der Waals surface area contributed by atoms with Gasteiger partial charge >= 0.3 is 0 Å². The summed E-state index contributed by atoms with van der Waals surface area (Å²) in [5.41, 5.74) is 2.33. The number of benzene rings is 1. The summed E-state index contributed by atoms with van der Waals surface area (Å²) >= 11 is 0. The summed E-state index contributed by atoms with van der Waals surface area (Å²) in [5, 5.41) is 0. The average molecular weight is 339 g/mol. The third-order valence-corrected chi connectivity index (χ3v) is 5.05. The largest absolute Gasteiger partial charge is 0.486 e. The Kier molecular flexibility index (Phi) is 4.80. The summed E-state index contributed by atoms with van der Waals surface area (Å²) in [7, 11) is 0. The molecule has 0 aromatic heterocycles. The average Bonchev–Trinajstić information content (AvgIpc) is 2.57. The highest BCUT2D eigenvalue weighted by Gasteiger charge is 2.43. The number of hydrogen-bond donors (Lipinski definition) is 0. The highest BCUT2D eigenvalue weighted by molar-refractivity contribution is 6.01. The minimum atomic E-state index is -0.464. The summed E-state index contributed by atoms with van der Waals surface area (Å²) in [6.07, 6.45) is 8.86. The van der Waals surface area contributed by atoms with Gasteiger partial charge in [0.05, 0.1) is 12.0 Å². The summed E-state index contributed by atoms with van der Waals surface area (Å²) in [6, 6.07) is 3.97. The van der Waals surface area contributed by atoms with Crippen LogP contribution < -0.4 is 4.74 Å². The van der Waals surface area contributed by atoms with Gasteiger partial charge in [-0.05, 0) is 38.0 Å². The van der Waals surface area contributed by atoms with E-state index in [1.54, 1.807) is 12.2 Å². The van der Waals surface area contributed by atoms with Crippen molar-refractivity contribution in [2.45, 2.75) is 45.6 Å². The zero-order valence-electron chi connectivity index (χ0n) is 15.2. The topological polar surface area (TPSA) is 46.6 Å². The van der Waals surface area contributed by atoms with Crippen molar-refractivity contribution in [3.05, 3.63) is 53.1 Å². The van der Waals surface area contributed by atoms with Gasteiger partial charge in [0.25, 0.3) is 0 Å². The molecule has 1 spiro atoms. The van der Waals surface area contributed by atoms with E-state index in [1.165, 1.54) is 0 Å². The molecule has 0 aliphatic carbocycles. The SMILES string of the molecule is C/C=C/C=C/C(=O)N1CCC2(CC1)CC(=O)c1cc(C)cc(C)c1O2. The molecule has 0 unspecified atom stereocenters. The second-order valence-corrected chi connectivity index (χ2v) is 7.05. The fourth-order valence-electron chi connectivity index (χ4n) is 3.71. The molecule has 0 atom stereocenters. The molecule has 1 fully saturated rings. The standard InChI is InChI=1S/C21H25NO3/c1-4-5-6-7-19(24)22-10-8-21(9-11-22)14-18(23)17-13-15(2)12-16(3)20(17)25-21/h4-7,12-13H,8-11,14H2,1-3H3/b5-4+,7-6+. The van der Waals surface area contributed by atoms with Crippen LogP contribution in [-0.4, -0.2) is 35.3 Å². The molecule has 2 heterocycles. The third-order valence-electron chi connectivity index (χ3n) is 5.05. The van der Waals surface area contributed by atoms with Crippen molar-refractivity contribution in [1.29, 1.82) is 0 Å². The van der Waals surface area contributed by atoms with Gasteiger partial charge in [0, 0.05) is 32.0 Å². The van der Waals surface area contributed by atoms with E-state index in [0.717, 1.165) is 16.9 Å². The van der Waals surface area contributed by atoms with Gasteiger partial charge in [0.2, 0.25) is 5.91 Å². The molecule has 3 rings (SSSR count). The molecule has 0 saturated carbocycles. The number of rotatable bonds is 2. The minimum absolute atomic E-state index is 0.0160. The highest BCUT2D eigenvalue weighted by atomic mass is 16.5. The van der Waals surface area contributed by atoms with Crippen LogP contribution in [0.3, 0.4) is 0 Å². The Morgan fingerprint density at radius 3 is 2.60 bits per heavy atom. The molecular weight excluding hydrogens is 314 g/mol. The van der Waals surface area contributed by atoms with E-state index < -0.39 is 5.60 Å². The van der Waals surface area contributed by atoms with Gasteiger partial charge in [-0.1, -0.05) is 24.3 Å². The van der Waals surface area contributed by atoms with Gasteiger partial charge in [0.15, 0.2) is 5.78 Å². The first kappa shape index (κ1) is 17.5. The molecule has 1 saturated heterocycles. The maximum atomic E-state index is 12.7. The lowest BCUT2D eigenvalue weighted by molar-refractivity contribution is -0.129. The summed E-state index contributed by atoms with van der Waals surface area (Å²) in [6.45, 7) is 7.14. The quantitative estimate of drug-likeness (QED) is 0.609. The summed E-state index contributed by atoms with van der Waals surface area (Å²) < 4.78 is 6.36. The number of piperidine rings is 1. The van der Waals surface area contributed by atoms with Crippen molar-refractivity contribution in [3.8, 4) is 5.75 Å². The van der Waals surface area contributed by atoms with Crippen LogP contribution in [0.1, 0.15) is 47.7 Å². The number of ketones is 1. The first-order valence-corrected chi connectivity index (χ1v) is 8.86. The molecule has 4 nitrogen and oxygen atoms in total. The van der Waals surface area contributed by atoms with E-state index in [1.807, 2.05) is 43.9 Å². The smallest absolute Gasteiger partial charge is 0.246 e. The monoisotopic (exact) mass is 339 g/mol. The number of aryl methyl sites for hydroxylation is 2. The summed E-state index contributed by atoms with van der Waals surface area (Å²) in [5.74, 6) is 0.901. The number of fused-ring (bicyclic) bond motifs is 1. The number of Topliss-reactive ketones (excluding diaryl/α,β-unsaturated/α-hetero) is 1. The Bertz CT molecular complexity index is 753. The van der Waals surface area contributed by atoms with Crippen molar-refractivity contribution < 1.29 is 14.3 Å². The van der Waals surface area contributed by atoms with E-state index in [2.05, 4.69) is 6.07 Å². The van der Waals surface area contributed by atoms with Crippen molar-refractivity contribution in [2.75, 3.05) is 13.1 Å². The number of hydrogen-bond acceptors (Lipinski definition) is 3.